The van der Waals surface area contributed by atoms with Crippen molar-refractivity contribution in [1.82, 2.24) is 10.2 Å². The number of hydrogen-bond donors (Lipinski definition) is 1. The molecule has 2 atom stereocenters. The molecule has 0 spiro atoms. The molecular weight excluding hydrogens is 260 g/mol. The lowest BCUT2D eigenvalue weighted by atomic mass is 9.86. The molecule has 0 heterocycles. The normalized spacial score (nSPS) is 27.1. The van der Waals surface area contributed by atoms with Gasteiger partial charge in [-0.25, -0.2) is 8.42 Å². The van der Waals surface area contributed by atoms with Crippen LogP contribution >= 0.6 is 0 Å². The molecule has 4 nitrogen and oxygen atoms in total. The van der Waals surface area contributed by atoms with Crippen LogP contribution in [0.2, 0.25) is 0 Å². The Morgan fingerprint density at radius 2 is 2.00 bits per heavy atom. The first-order chi connectivity index (χ1) is 8.67. The zero-order chi connectivity index (χ0) is 14.7. The summed E-state index contributed by atoms with van der Waals surface area (Å²) in [6, 6.07) is 0.903. The van der Waals surface area contributed by atoms with Crippen LogP contribution in [0.3, 0.4) is 0 Å². The van der Waals surface area contributed by atoms with Gasteiger partial charge >= 0.3 is 0 Å². The molecule has 2 unspecified atom stereocenters. The number of rotatable bonds is 7. The van der Waals surface area contributed by atoms with E-state index in [2.05, 4.69) is 38.0 Å². The van der Waals surface area contributed by atoms with Crippen LogP contribution < -0.4 is 5.32 Å². The van der Waals surface area contributed by atoms with Crippen molar-refractivity contribution in [2.45, 2.75) is 52.1 Å². The zero-order valence-corrected chi connectivity index (χ0v) is 13.9. The van der Waals surface area contributed by atoms with Gasteiger partial charge in [0.1, 0.15) is 9.84 Å². The molecule has 1 N–H and O–H groups in total. The molecule has 0 bridgehead atoms. The zero-order valence-electron chi connectivity index (χ0n) is 13.1. The van der Waals surface area contributed by atoms with Crippen LogP contribution in [0.25, 0.3) is 0 Å². The molecule has 19 heavy (non-hydrogen) atoms. The van der Waals surface area contributed by atoms with Crippen LogP contribution in [0.15, 0.2) is 0 Å². The third kappa shape index (κ3) is 5.04. The lowest BCUT2D eigenvalue weighted by Gasteiger charge is -2.36. The van der Waals surface area contributed by atoms with E-state index in [1.54, 1.807) is 0 Å². The van der Waals surface area contributed by atoms with Gasteiger partial charge in [0.2, 0.25) is 0 Å². The second-order valence-electron chi connectivity index (χ2n) is 6.64. The fraction of sp³-hybridized carbons (Fsp3) is 1.00. The molecule has 0 amide bonds. The molecule has 1 aliphatic rings. The largest absolute Gasteiger partial charge is 0.312 e. The molecule has 5 heteroatoms. The van der Waals surface area contributed by atoms with Gasteiger partial charge in [0.15, 0.2) is 0 Å². The fourth-order valence-corrected chi connectivity index (χ4v) is 3.65. The van der Waals surface area contributed by atoms with Crippen molar-refractivity contribution < 1.29 is 8.42 Å². The molecule has 0 aromatic heterocycles. The second kappa shape index (κ2) is 6.55. The summed E-state index contributed by atoms with van der Waals surface area (Å²) in [7, 11) is -0.821. The number of hydrogen-bond acceptors (Lipinski definition) is 4. The van der Waals surface area contributed by atoms with Crippen molar-refractivity contribution in [3.8, 4) is 0 Å². The van der Waals surface area contributed by atoms with Crippen LogP contribution in [0.1, 0.15) is 40.0 Å². The van der Waals surface area contributed by atoms with Gasteiger partial charge in [-0.1, -0.05) is 20.8 Å². The Bertz CT molecular complexity index is 379. The van der Waals surface area contributed by atoms with Gasteiger partial charge in [0, 0.05) is 24.9 Å². The molecule has 0 radical (unpaired) electrons. The number of nitrogens with one attached hydrogen (secondary N) is 1. The third-order valence-corrected chi connectivity index (χ3v) is 5.23. The summed E-state index contributed by atoms with van der Waals surface area (Å²) in [5, 5.41) is 3.66. The van der Waals surface area contributed by atoms with E-state index in [1.807, 2.05) is 0 Å². The first kappa shape index (κ1) is 16.9. The van der Waals surface area contributed by atoms with Crippen molar-refractivity contribution in [2.24, 2.45) is 5.41 Å². The van der Waals surface area contributed by atoms with Crippen molar-refractivity contribution in [1.29, 1.82) is 0 Å². The van der Waals surface area contributed by atoms with Gasteiger partial charge in [-0.05, 0) is 38.3 Å². The Morgan fingerprint density at radius 1 is 1.37 bits per heavy atom. The molecule has 1 fully saturated rings. The summed E-state index contributed by atoms with van der Waals surface area (Å²) in [6.45, 7) is 8.46. The molecule has 0 saturated heterocycles. The van der Waals surface area contributed by atoms with Gasteiger partial charge in [0.05, 0.1) is 5.75 Å². The fourth-order valence-electron chi connectivity index (χ4n) is 3.03. The van der Waals surface area contributed by atoms with Gasteiger partial charge < -0.3 is 10.2 Å². The van der Waals surface area contributed by atoms with Gasteiger partial charge in [-0.2, -0.15) is 0 Å². The summed E-state index contributed by atoms with van der Waals surface area (Å²) >= 11 is 0. The summed E-state index contributed by atoms with van der Waals surface area (Å²) in [5.74, 6) is 0.251. The van der Waals surface area contributed by atoms with E-state index < -0.39 is 9.84 Å². The van der Waals surface area contributed by atoms with E-state index >= 15 is 0 Å². The number of sulfone groups is 1. The summed E-state index contributed by atoms with van der Waals surface area (Å²) in [6.07, 6.45) is 4.79. The van der Waals surface area contributed by atoms with E-state index in [9.17, 15) is 8.42 Å². The molecule has 0 aromatic carbocycles. The highest BCUT2D eigenvalue weighted by Gasteiger charge is 2.43. The monoisotopic (exact) mass is 290 g/mol. The van der Waals surface area contributed by atoms with Crippen molar-refractivity contribution in [3.05, 3.63) is 0 Å². The molecule has 1 aliphatic carbocycles. The van der Waals surface area contributed by atoms with E-state index in [0.717, 1.165) is 19.4 Å². The van der Waals surface area contributed by atoms with Crippen LogP contribution in [-0.2, 0) is 9.84 Å². The van der Waals surface area contributed by atoms with E-state index in [1.165, 1.54) is 12.7 Å². The predicted octanol–water partition coefficient (Wildman–Crippen LogP) is 1.52. The van der Waals surface area contributed by atoms with Crippen LogP contribution in [0.5, 0.6) is 0 Å². The Hall–Kier alpha value is -0.130. The molecule has 0 aliphatic heterocycles. The molecule has 1 saturated carbocycles. The molecular formula is C14H30N2O2S. The average Bonchev–Trinajstić information content (AvgIpc) is 2.58. The number of nitrogens with zero attached hydrogens (tertiary/aromatic N) is 1. The summed E-state index contributed by atoms with van der Waals surface area (Å²) in [4.78, 5) is 2.23. The smallest absolute Gasteiger partial charge is 0.148 e. The standard InChI is InChI=1S/C14H30N2O2S/c1-6-9-15-13-12(7-8-14(13,2)3)16(4)10-11-19(5,17)18/h12-13,15H,6-11H2,1-5H3. The Morgan fingerprint density at radius 3 is 2.53 bits per heavy atom. The summed E-state index contributed by atoms with van der Waals surface area (Å²) in [5.41, 5.74) is 0.291. The first-order valence-electron chi connectivity index (χ1n) is 7.29. The van der Waals surface area contributed by atoms with Crippen molar-refractivity contribution >= 4 is 9.84 Å². The predicted molar refractivity (Wildman–Crippen MR) is 81.2 cm³/mol. The minimum absolute atomic E-state index is 0.251. The van der Waals surface area contributed by atoms with E-state index in [0.29, 0.717) is 24.0 Å². The Kier molecular flexibility index (Phi) is 5.83. The van der Waals surface area contributed by atoms with E-state index in [4.69, 9.17) is 0 Å². The highest BCUT2D eigenvalue weighted by molar-refractivity contribution is 7.90. The van der Waals surface area contributed by atoms with Crippen LogP contribution in [-0.4, -0.2) is 57.5 Å². The average molecular weight is 290 g/mol. The van der Waals surface area contributed by atoms with Crippen LogP contribution in [0.4, 0.5) is 0 Å². The summed E-state index contributed by atoms with van der Waals surface area (Å²) < 4.78 is 22.6. The lowest BCUT2D eigenvalue weighted by molar-refractivity contribution is 0.177. The molecule has 114 valence electrons. The minimum Gasteiger partial charge on any atom is -0.312 e. The molecule has 0 aromatic rings. The maximum absolute atomic E-state index is 11.3. The van der Waals surface area contributed by atoms with Crippen LogP contribution in [0, 0.1) is 5.41 Å². The number of likely N-dealkylation sites (N-methyl/N-ethyl adjacent to an activating group) is 1. The highest BCUT2D eigenvalue weighted by Crippen LogP contribution is 2.39. The lowest BCUT2D eigenvalue weighted by Crippen LogP contribution is -2.51. The Balaban J connectivity index is 2.64. The maximum Gasteiger partial charge on any atom is 0.148 e. The van der Waals surface area contributed by atoms with Gasteiger partial charge in [-0.3, -0.25) is 0 Å². The maximum atomic E-state index is 11.3. The van der Waals surface area contributed by atoms with Gasteiger partial charge in [0.25, 0.3) is 0 Å². The minimum atomic E-state index is -2.87. The third-order valence-electron chi connectivity index (χ3n) is 4.31. The first-order valence-corrected chi connectivity index (χ1v) is 9.35. The van der Waals surface area contributed by atoms with Crippen molar-refractivity contribution in [3.63, 3.8) is 0 Å². The molecule has 1 rings (SSSR count). The topological polar surface area (TPSA) is 49.4 Å². The highest BCUT2D eigenvalue weighted by atomic mass is 32.2. The quantitative estimate of drug-likeness (QED) is 0.772. The SMILES string of the molecule is CCCNC1C(N(C)CCS(C)(=O)=O)CCC1(C)C. The van der Waals surface area contributed by atoms with Crippen molar-refractivity contribution in [2.75, 3.05) is 32.1 Å². The second-order valence-corrected chi connectivity index (χ2v) is 8.90. The van der Waals surface area contributed by atoms with E-state index in [-0.39, 0.29) is 5.75 Å². The Labute approximate surface area is 118 Å². The van der Waals surface area contributed by atoms with Gasteiger partial charge in [-0.15, -0.1) is 0 Å².